The van der Waals surface area contributed by atoms with Gasteiger partial charge in [0.05, 0.1) is 0 Å². The van der Waals surface area contributed by atoms with E-state index in [0.717, 1.165) is 22.2 Å². The van der Waals surface area contributed by atoms with Crippen LogP contribution in [-0.2, 0) is 0 Å². The molecule has 16 heavy (non-hydrogen) atoms. The van der Waals surface area contributed by atoms with Crippen molar-refractivity contribution in [2.45, 2.75) is 13.8 Å². The average Bonchev–Trinajstić information content (AvgIpc) is 2.58. The minimum absolute atomic E-state index is 0.176. The van der Waals surface area contributed by atoms with Gasteiger partial charge in [-0.1, -0.05) is 19.9 Å². The number of hydrogen-bond donors (Lipinski definition) is 0. The second kappa shape index (κ2) is 4.73. The Kier molecular flexibility index (Phi) is 3.52. The predicted molar refractivity (Wildman–Crippen MR) is 73.4 cm³/mol. The molecule has 1 saturated heterocycles. The lowest BCUT2D eigenvalue weighted by molar-refractivity contribution is 0.0785. The number of benzene rings is 1. The molecule has 1 amide bonds. The number of hydrogen-bond acceptors (Lipinski definition) is 1. The molecule has 86 valence electrons. The molecule has 1 heterocycles. The van der Waals surface area contributed by atoms with Crippen molar-refractivity contribution in [3.63, 3.8) is 0 Å². The van der Waals surface area contributed by atoms with E-state index in [-0.39, 0.29) is 5.91 Å². The van der Waals surface area contributed by atoms with Crippen LogP contribution in [0.5, 0.6) is 0 Å². The number of carbonyl (C=O) groups is 1. The van der Waals surface area contributed by atoms with Gasteiger partial charge >= 0.3 is 0 Å². The highest BCUT2D eigenvalue weighted by Crippen LogP contribution is 2.24. The third-order valence-corrected chi connectivity index (χ3v) is 4.02. The number of carbonyl (C=O) groups excluding carboxylic acids is 1. The highest BCUT2D eigenvalue weighted by molar-refractivity contribution is 14.1. The van der Waals surface area contributed by atoms with Gasteiger partial charge < -0.3 is 4.90 Å². The Balaban J connectivity index is 2.14. The normalized spacial score (nSPS) is 24.8. The highest BCUT2D eigenvalue weighted by Gasteiger charge is 2.29. The first-order valence-electron chi connectivity index (χ1n) is 5.63. The summed E-state index contributed by atoms with van der Waals surface area (Å²) >= 11 is 2.24. The maximum Gasteiger partial charge on any atom is 0.253 e. The van der Waals surface area contributed by atoms with Crippen LogP contribution in [0.3, 0.4) is 0 Å². The van der Waals surface area contributed by atoms with Gasteiger partial charge in [-0.2, -0.15) is 0 Å². The molecule has 2 unspecified atom stereocenters. The summed E-state index contributed by atoms with van der Waals surface area (Å²) in [5.74, 6) is 1.41. The van der Waals surface area contributed by atoms with Crippen molar-refractivity contribution in [3.05, 3.63) is 33.4 Å². The minimum atomic E-state index is 0.176. The van der Waals surface area contributed by atoms with E-state index in [0.29, 0.717) is 11.8 Å². The van der Waals surface area contributed by atoms with E-state index in [9.17, 15) is 4.79 Å². The molecule has 0 bridgehead atoms. The Morgan fingerprint density at radius 2 is 1.94 bits per heavy atom. The Morgan fingerprint density at radius 1 is 1.31 bits per heavy atom. The molecule has 1 aromatic rings. The first kappa shape index (κ1) is 11.9. The summed E-state index contributed by atoms with van der Waals surface area (Å²) in [5, 5.41) is 0. The van der Waals surface area contributed by atoms with E-state index in [4.69, 9.17) is 0 Å². The van der Waals surface area contributed by atoms with Crippen molar-refractivity contribution in [1.82, 2.24) is 4.90 Å². The molecule has 0 aliphatic carbocycles. The lowest BCUT2D eigenvalue weighted by Gasteiger charge is -2.16. The van der Waals surface area contributed by atoms with Crippen molar-refractivity contribution in [2.24, 2.45) is 11.8 Å². The van der Waals surface area contributed by atoms with Crippen molar-refractivity contribution in [3.8, 4) is 0 Å². The van der Waals surface area contributed by atoms with Crippen LogP contribution in [0.4, 0.5) is 0 Å². The van der Waals surface area contributed by atoms with Gasteiger partial charge in [0.1, 0.15) is 0 Å². The molecule has 2 rings (SSSR count). The lowest BCUT2D eigenvalue weighted by Crippen LogP contribution is -2.28. The zero-order chi connectivity index (χ0) is 11.7. The number of halogens is 1. The molecular weight excluding hydrogens is 313 g/mol. The summed E-state index contributed by atoms with van der Waals surface area (Å²) in [5.41, 5.74) is 0.813. The quantitative estimate of drug-likeness (QED) is 0.726. The fraction of sp³-hybridized carbons (Fsp3) is 0.462. The van der Waals surface area contributed by atoms with Gasteiger partial charge in [0.15, 0.2) is 0 Å². The Labute approximate surface area is 110 Å². The van der Waals surface area contributed by atoms with Crippen molar-refractivity contribution < 1.29 is 4.79 Å². The molecule has 0 saturated carbocycles. The molecular formula is C13H16INO. The van der Waals surface area contributed by atoms with Crippen LogP contribution >= 0.6 is 22.6 Å². The lowest BCUT2D eigenvalue weighted by atomic mass is 10.0. The zero-order valence-corrected chi connectivity index (χ0v) is 11.8. The third kappa shape index (κ3) is 2.39. The number of rotatable bonds is 1. The van der Waals surface area contributed by atoms with Gasteiger partial charge in [-0.05, 0) is 52.6 Å². The Hall–Kier alpha value is -0.580. The standard InChI is InChI=1S/C13H16INO/c1-9-7-15(8-10(9)2)13(16)11-4-3-5-12(14)6-11/h3-6,9-10H,7-8H2,1-2H3. The molecule has 2 atom stereocenters. The van der Waals surface area contributed by atoms with Gasteiger partial charge in [-0.15, -0.1) is 0 Å². The van der Waals surface area contributed by atoms with E-state index < -0.39 is 0 Å². The van der Waals surface area contributed by atoms with Crippen LogP contribution in [0.25, 0.3) is 0 Å². The van der Waals surface area contributed by atoms with Crippen molar-refractivity contribution in [1.29, 1.82) is 0 Å². The average molecular weight is 329 g/mol. The fourth-order valence-electron chi connectivity index (χ4n) is 2.10. The summed E-state index contributed by atoms with van der Waals surface area (Å²) < 4.78 is 1.11. The van der Waals surface area contributed by atoms with E-state index >= 15 is 0 Å². The van der Waals surface area contributed by atoms with Crippen molar-refractivity contribution in [2.75, 3.05) is 13.1 Å². The Bertz CT molecular complexity index is 395. The number of amides is 1. The third-order valence-electron chi connectivity index (χ3n) is 3.35. The number of likely N-dealkylation sites (tertiary alicyclic amines) is 1. The second-order valence-electron chi connectivity index (χ2n) is 4.68. The maximum absolute atomic E-state index is 12.2. The summed E-state index contributed by atoms with van der Waals surface area (Å²) in [7, 11) is 0. The van der Waals surface area contributed by atoms with Crippen molar-refractivity contribution >= 4 is 28.5 Å². The molecule has 3 heteroatoms. The van der Waals surface area contributed by atoms with E-state index in [1.807, 2.05) is 29.2 Å². The van der Waals surface area contributed by atoms with Crippen LogP contribution < -0.4 is 0 Å². The molecule has 0 spiro atoms. The monoisotopic (exact) mass is 329 g/mol. The van der Waals surface area contributed by atoms with Crippen LogP contribution in [0, 0.1) is 15.4 Å². The minimum Gasteiger partial charge on any atom is -0.338 e. The molecule has 2 nitrogen and oxygen atoms in total. The summed E-state index contributed by atoms with van der Waals surface area (Å²) in [4.78, 5) is 14.2. The highest BCUT2D eigenvalue weighted by atomic mass is 127. The van der Waals surface area contributed by atoms with Gasteiger partial charge in [0.2, 0.25) is 0 Å². The first-order chi connectivity index (χ1) is 7.58. The zero-order valence-electron chi connectivity index (χ0n) is 9.61. The molecule has 1 aromatic carbocycles. The van der Waals surface area contributed by atoms with Gasteiger partial charge in [0.25, 0.3) is 5.91 Å². The van der Waals surface area contributed by atoms with Crippen LogP contribution in [0.1, 0.15) is 24.2 Å². The molecule has 0 radical (unpaired) electrons. The number of nitrogens with zero attached hydrogens (tertiary/aromatic N) is 1. The van der Waals surface area contributed by atoms with Crippen LogP contribution in [-0.4, -0.2) is 23.9 Å². The second-order valence-corrected chi connectivity index (χ2v) is 5.92. The molecule has 0 N–H and O–H groups in total. The predicted octanol–water partition coefficient (Wildman–Crippen LogP) is 3.02. The topological polar surface area (TPSA) is 20.3 Å². The first-order valence-corrected chi connectivity index (χ1v) is 6.70. The SMILES string of the molecule is CC1CN(C(=O)c2cccc(I)c2)CC1C. The molecule has 1 fully saturated rings. The van der Waals surface area contributed by atoms with Crippen LogP contribution in [0.15, 0.2) is 24.3 Å². The molecule has 0 aromatic heterocycles. The van der Waals surface area contributed by atoms with Gasteiger partial charge in [-0.3, -0.25) is 4.79 Å². The maximum atomic E-state index is 12.2. The largest absolute Gasteiger partial charge is 0.338 e. The van der Waals surface area contributed by atoms with E-state index in [2.05, 4.69) is 36.4 Å². The van der Waals surface area contributed by atoms with E-state index in [1.165, 1.54) is 0 Å². The summed E-state index contributed by atoms with van der Waals surface area (Å²) in [6, 6.07) is 7.80. The van der Waals surface area contributed by atoms with Crippen LogP contribution in [0.2, 0.25) is 0 Å². The fourth-order valence-corrected chi connectivity index (χ4v) is 2.64. The van der Waals surface area contributed by atoms with Gasteiger partial charge in [0, 0.05) is 22.2 Å². The summed E-state index contributed by atoms with van der Waals surface area (Å²) in [6.07, 6.45) is 0. The molecule has 1 aliphatic heterocycles. The summed E-state index contributed by atoms with van der Waals surface area (Å²) in [6.45, 7) is 6.22. The molecule has 1 aliphatic rings. The smallest absolute Gasteiger partial charge is 0.253 e. The Morgan fingerprint density at radius 3 is 2.50 bits per heavy atom. The van der Waals surface area contributed by atoms with Gasteiger partial charge in [-0.25, -0.2) is 0 Å². The van der Waals surface area contributed by atoms with E-state index in [1.54, 1.807) is 0 Å².